The lowest BCUT2D eigenvalue weighted by Crippen LogP contribution is -2.53. The van der Waals surface area contributed by atoms with E-state index in [0.717, 1.165) is 43.4 Å². The standard InChI is InChI=1S/C22H34O2/c1-5-14-12-16(24-4)13-15-6-7-17-18-8-9-20(23)21(18,2)11-10-19(17)22(14,15)3/h6,14,16-19H,5,7-13H2,1-4H3/t14-,16?,17-,18-,19-,21-,22-/m0/s1. The second-order valence-electron chi connectivity index (χ2n) is 9.45. The van der Waals surface area contributed by atoms with Crippen LogP contribution in [-0.4, -0.2) is 19.0 Å². The van der Waals surface area contributed by atoms with E-state index in [2.05, 4.69) is 26.8 Å². The Balaban J connectivity index is 1.71. The van der Waals surface area contributed by atoms with Crippen molar-refractivity contribution in [2.24, 2.45) is 34.5 Å². The zero-order valence-corrected chi connectivity index (χ0v) is 15.9. The van der Waals surface area contributed by atoms with Crippen LogP contribution in [0.15, 0.2) is 11.6 Å². The Kier molecular flexibility index (Phi) is 3.99. The van der Waals surface area contributed by atoms with Gasteiger partial charge in [-0.3, -0.25) is 4.79 Å². The predicted molar refractivity (Wildman–Crippen MR) is 96.7 cm³/mol. The van der Waals surface area contributed by atoms with Crippen molar-refractivity contribution in [3.8, 4) is 0 Å². The van der Waals surface area contributed by atoms with E-state index in [1.54, 1.807) is 5.57 Å². The highest BCUT2D eigenvalue weighted by Gasteiger charge is 2.60. The minimum atomic E-state index is -0.00564. The molecule has 1 unspecified atom stereocenters. The highest BCUT2D eigenvalue weighted by molar-refractivity contribution is 5.87. The average molecular weight is 331 g/mol. The Labute approximate surface area is 147 Å². The van der Waals surface area contributed by atoms with Crippen molar-refractivity contribution in [3.63, 3.8) is 0 Å². The molecule has 3 fully saturated rings. The normalized spacial score (nSPS) is 50.8. The van der Waals surface area contributed by atoms with E-state index < -0.39 is 0 Å². The lowest BCUT2D eigenvalue weighted by atomic mass is 9.45. The van der Waals surface area contributed by atoms with Crippen molar-refractivity contribution in [1.82, 2.24) is 0 Å². The lowest BCUT2D eigenvalue weighted by molar-refractivity contribution is -0.133. The monoisotopic (exact) mass is 330 g/mol. The second-order valence-corrected chi connectivity index (χ2v) is 9.45. The molecule has 4 rings (SSSR count). The number of Topliss-reactive ketones (excluding diaryl/α,β-unsaturated/α-hetero) is 1. The molecular weight excluding hydrogens is 296 g/mol. The zero-order chi connectivity index (χ0) is 17.1. The molecule has 0 N–H and O–H groups in total. The summed E-state index contributed by atoms with van der Waals surface area (Å²) in [4.78, 5) is 12.5. The zero-order valence-electron chi connectivity index (χ0n) is 15.9. The van der Waals surface area contributed by atoms with Gasteiger partial charge >= 0.3 is 0 Å². The topological polar surface area (TPSA) is 26.3 Å². The number of ether oxygens (including phenoxy) is 1. The summed E-state index contributed by atoms with van der Waals surface area (Å²) >= 11 is 0. The van der Waals surface area contributed by atoms with Crippen LogP contribution in [0.2, 0.25) is 0 Å². The van der Waals surface area contributed by atoms with Gasteiger partial charge < -0.3 is 4.74 Å². The van der Waals surface area contributed by atoms with Gasteiger partial charge in [0.05, 0.1) is 6.10 Å². The SMILES string of the molecule is CC[C@H]1CC(OC)CC2=CC[C@@H]3[C@H](CC[C@]4(C)C(=O)CC[C@@H]34)[C@]21C. The molecule has 0 heterocycles. The second kappa shape index (κ2) is 5.69. The van der Waals surface area contributed by atoms with Crippen LogP contribution in [-0.2, 0) is 9.53 Å². The summed E-state index contributed by atoms with van der Waals surface area (Å²) in [6, 6.07) is 0. The molecule has 4 aliphatic carbocycles. The van der Waals surface area contributed by atoms with Gasteiger partial charge in [0, 0.05) is 18.9 Å². The van der Waals surface area contributed by atoms with Crippen molar-refractivity contribution < 1.29 is 9.53 Å². The molecule has 0 aromatic heterocycles. The summed E-state index contributed by atoms with van der Waals surface area (Å²) < 4.78 is 5.77. The largest absolute Gasteiger partial charge is 0.381 e. The number of fused-ring (bicyclic) bond motifs is 5. The van der Waals surface area contributed by atoms with Crippen molar-refractivity contribution in [2.45, 2.75) is 78.2 Å². The van der Waals surface area contributed by atoms with E-state index in [0.29, 0.717) is 23.2 Å². The van der Waals surface area contributed by atoms with E-state index in [1.165, 1.54) is 25.7 Å². The fourth-order valence-electron chi connectivity index (χ4n) is 7.40. The van der Waals surface area contributed by atoms with Crippen LogP contribution in [0.1, 0.15) is 72.1 Å². The summed E-state index contributed by atoms with van der Waals surface area (Å²) in [5.74, 6) is 3.44. The van der Waals surface area contributed by atoms with Gasteiger partial charge in [-0.1, -0.05) is 38.8 Å². The molecule has 4 aliphatic rings. The summed E-state index contributed by atoms with van der Waals surface area (Å²) in [6.07, 6.45) is 12.1. The molecule has 3 saturated carbocycles. The molecule has 0 radical (unpaired) electrons. The van der Waals surface area contributed by atoms with E-state index >= 15 is 0 Å². The number of methoxy groups -OCH3 is 1. The summed E-state index contributed by atoms with van der Waals surface area (Å²) in [5.41, 5.74) is 2.02. The maximum Gasteiger partial charge on any atom is 0.139 e. The first-order valence-electron chi connectivity index (χ1n) is 10.2. The van der Waals surface area contributed by atoms with E-state index in [4.69, 9.17) is 4.74 Å². The quantitative estimate of drug-likeness (QED) is 0.653. The Hall–Kier alpha value is -0.630. The molecule has 24 heavy (non-hydrogen) atoms. The van der Waals surface area contributed by atoms with Crippen LogP contribution in [0.25, 0.3) is 0 Å². The third-order valence-corrected chi connectivity index (χ3v) is 8.91. The van der Waals surface area contributed by atoms with Crippen molar-refractivity contribution in [3.05, 3.63) is 11.6 Å². The fraction of sp³-hybridized carbons (Fsp3) is 0.864. The molecule has 0 aromatic carbocycles. The molecule has 0 spiro atoms. The summed E-state index contributed by atoms with van der Waals surface area (Å²) in [6.45, 7) is 7.21. The van der Waals surface area contributed by atoms with E-state index in [9.17, 15) is 4.79 Å². The molecule has 7 atom stereocenters. The average Bonchev–Trinajstić information content (AvgIpc) is 2.89. The number of carbonyl (C=O) groups excluding carboxylic acids is 1. The van der Waals surface area contributed by atoms with Crippen LogP contribution in [0.3, 0.4) is 0 Å². The number of hydrogen-bond donors (Lipinski definition) is 0. The molecule has 2 nitrogen and oxygen atoms in total. The number of allylic oxidation sites excluding steroid dienone is 1. The van der Waals surface area contributed by atoms with Crippen LogP contribution in [0.4, 0.5) is 0 Å². The number of ketones is 1. The third-order valence-electron chi connectivity index (χ3n) is 8.91. The van der Waals surface area contributed by atoms with Crippen LogP contribution in [0, 0.1) is 34.5 Å². The predicted octanol–water partition coefficient (Wildman–Crippen LogP) is 5.17. The Bertz CT molecular complexity index is 564. The van der Waals surface area contributed by atoms with Gasteiger partial charge in [-0.15, -0.1) is 0 Å². The lowest BCUT2D eigenvalue weighted by Gasteiger charge is -2.59. The van der Waals surface area contributed by atoms with Gasteiger partial charge in [-0.2, -0.15) is 0 Å². The molecule has 0 amide bonds. The minimum Gasteiger partial charge on any atom is -0.381 e. The van der Waals surface area contributed by atoms with Gasteiger partial charge in [0.2, 0.25) is 0 Å². The molecule has 0 aliphatic heterocycles. The van der Waals surface area contributed by atoms with Crippen LogP contribution in [0.5, 0.6) is 0 Å². The van der Waals surface area contributed by atoms with Gasteiger partial charge in [0.25, 0.3) is 0 Å². The van der Waals surface area contributed by atoms with Gasteiger partial charge in [0.15, 0.2) is 0 Å². The Morgan fingerprint density at radius 3 is 2.75 bits per heavy atom. The summed E-state index contributed by atoms with van der Waals surface area (Å²) in [5, 5.41) is 0. The molecule has 0 aromatic rings. The molecular formula is C22H34O2. The van der Waals surface area contributed by atoms with Crippen molar-refractivity contribution in [2.75, 3.05) is 7.11 Å². The first kappa shape index (κ1) is 16.8. The fourth-order valence-corrected chi connectivity index (χ4v) is 7.40. The van der Waals surface area contributed by atoms with E-state index in [-0.39, 0.29) is 5.41 Å². The highest BCUT2D eigenvalue weighted by Crippen LogP contribution is 2.65. The maximum absolute atomic E-state index is 12.5. The minimum absolute atomic E-state index is 0.00564. The molecule has 0 bridgehead atoms. The molecule has 134 valence electrons. The van der Waals surface area contributed by atoms with Crippen molar-refractivity contribution >= 4 is 5.78 Å². The number of carbonyl (C=O) groups is 1. The van der Waals surface area contributed by atoms with Crippen LogP contribution >= 0.6 is 0 Å². The smallest absolute Gasteiger partial charge is 0.139 e. The highest BCUT2D eigenvalue weighted by atomic mass is 16.5. The number of rotatable bonds is 2. The van der Waals surface area contributed by atoms with Gasteiger partial charge in [0.1, 0.15) is 5.78 Å². The van der Waals surface area contributed by atoms with E-state index in [1.807, 2.05) is 7.11 Å². The van der Waals surface area contributed by atoms with Gasteiger partial charge in [-0.25, -0.2) is 0 Å². The maximum atomic E-state index is 12.5. The Morgan fingerprint density at radius 2 is 2.04 bits per heavy atom. The molecule has 2 heteroatoms. The van der Waals surface area contributed by atoms with Crippen molar-refractivity contribution in [1.29, 1.82) is 0 Å². The van der Waals surface area contributed by atoms with Gasteiger partial charge in [-0.05, 0) is 67.6 Å². The third kappa shape index (κ3) is 2.08. The first-order chi connectivity index (χ1) is 11.4. The number of hydrogen-bond acceptors (Lipinski definition) is 2. The molecule has 0 saturated heterocycles. The first-order valence-corrected chi connectivity index (χ1v) is 10.2. The summed E-state index contributed by atoms with van der Waals surface area (Å²) in [7, 11) is 1.88. The van der Waals surface area contributed by atoms with Crippen LogP contribution < -0.4 is 0 Å². The Morgan fingerprint density at radius 1 is 1.25 bits per heavy atom.